The molecule has 0 unspecified atom stereocenters. The summed E-state index contributed by atoms with van der Waals surface area (Å²) in [7, 11) is 0. The van der Waals surface area contributed by atoms with Crippen LogP contribution in [-0.4, -0.2) is 14.8 Å². The number of rotatable bonds is 6. The van der Waals surface area contributed by atoms with Crippen molar-refractivity contribution in [3.05, 3.63) is 65.2 Å². The first-order valence-electron chi connectivity index (χ1n) is 8.33. The zero-order valence-electron chi connectivity index (χ0n) is 14.4. The van der Waals surface area contributed by atoms with Crippen LogP contribution in [0, 0.1) is 18.3 Å². The standard InChI is InChI=1S/C20H20N4S/c1-3-11-24-19(18-6-4-5-15(2)12-18)22-23-20(24)25-14-17-9-7-16(13-21)8-10-17/h4-10,12H,3,11,14H2,1-2H3. The minimum Gasteiger partial charge on any atom is -0.302 e. The average molecular weight is 348 g/mol. The summed E-state index contributed by atoms with van der Waals surface area (Å²) < 4.78 is 2.20. The summed E-state index contributed by atoms with van der Waals surface area (Å²) in [5, 5.41) is 18.7. The maximum atomic E-state index is 8.89. The maximum absolute atomic E-state index is 8.89. The van der Waals surface area contributed by atoms with Crippen LogP contribution in [-0.2, 0) is 12.3 Å². The molecular weight excluding hydrogens is 328 g/mol. The molecule has 0 saturated carbocycles. The van der Waals surface area contributed by atoms with Gasteiger partial charge in [-0.15, -0.1) is 10.2 Å². The maximum Gasteiger partial charge on any atom is 0.191 e. The molecule has 0 saturated heterocycles. The molecule has 0 aliphatic rings. The van der Waals surface area contributed by atoms with Gasteiger partial charge in [-0.05, 0) is 37.1 Å². The topological polar surface area (TPSA) is 54.5 Å². The molecule has 0 aliphatic heterocycles. The van der Waals surface area contributed by atoms with Crippen LogP contribution >= 0.6 is 11.8 Å². The molecule has 1 aromatic heterocycles. The first kappa shape index (κ1) is 17.2. The lowest BCUT2D eigenvalue weighted by Gasteiger charge is -2.09. The monoisotopic (exact) mass is 348 g/mol. The number of benzene rings is 2. The lowest BCUT2D eigenvalue weighted by molar-refractivity contribution is 0.626. The molecule has 0 bridgehead atoms. The van der Waals surface area contributed by atoms with Gasteiger partial charge in [-0.2, -0.15) is 5.26 Å². The number of hydrogen-bond acceptors (Lipinski definition) is 4. The minimum absolute atomic E-state index is 0.685. The molecule has 0 N–H and O–H groups in total. The number of nitrogens with zero attached hydrogens (tertiary/aromatic N) is 4. The summed E-state index contributed by atoms with van der Waals surface area (Å²) in [6.07, 6.45) is 1.03. The molecule has 0 amide bonds. The second kappa shape index (κ2) is 8.00. The van der Waals surface area contributed by atoms with Crippen LogP contribution in [0.2, 0.25) is 0 Å². The molecule has 1 heterocycles. The number of nitriles is 1. The van der Waals surface area contributed by atoms with E-state index in [4.69, 9.17) is 5.26 Å². The van der Waals surface area contributed by atoms with Crippen LogP contribution in [0.15, 0.2) is 53.7 Å². The Morgan fingerprint density at radius 3 is 2.60 bits per heavy atom. The minimum atomic E-state index is 0.685. The van der Waals surface area contributed by atoms with Crippen molar-refractivity contribution in [2.24, 2.45) is 0 Å². The normalized spacial score (nSPS) is 10.6. The number of thioether (sulfide) groups is 1. The van der Waals surface area contributed by atoms with E-state index in [9.17, 15) is 0 Å². The van der Waals surface area contributed by atoms with E-state index in [0.717, 1.165) is 35.3 Å². The average Bonchev–Trinajstić information content (AvgIpc) is 3.03. The van der Waals surface area contributed by atoms with E-state index < -0.39 is 0 Å². The Balaban J connectivity index is 1.82. The fraction of sp³-hybridized carbons (Fsp3) is 0.250. The van der Waals surface area contributed by atoms with E-state index in [2.05, 4.69) is 58.9 Å². The van der Waals surface area contributed by atoms with Gasteiger partial charge in [-0.1, -0.05) is 54.6 Å². The highest BCUT2D eigenvalue weighted by molar-refractivity contribution is 7.98. The molecule has 4 nitrogen and oxygen atoms in total. The van der Waals surface area contributed by atoms with Gasteiger partial charge in [0.2, 0.25) is 0 Å². The second-order valence-corrected chi connectivity index (χ2v) is 6.87. The Hall–Kier alpha value is -2.58. The van der Waals surface area contributed by atoms with Gasteiger partial charge < -0.3 is 4.57 Å². The quantitative estimate of drug-likeness (QED) is 0.599. The largest absolute Gasteiger partial charge is 0.302 e. The zero-order valence-corrected chi connectivity index (χ0v) is 15.3. The highest BCUT2D eigenvalue weighted by Crippen LogP contribution is 2.27. The zero-order chi connectivity index (χ0) is 17.6. The molecule has 0 fully saturated rings. The van der Waals surface area contributed by atoms with Gasteiger partial charge in [0.1, 0.15) is 0 Å². The second-order valence-electron chi connectivity index (χ2n) is 5.92. The van der Waals surface area contributed by atoms with Crippen LogP contribution in [0.5, 0.6) is 0 Å². The number of aryl methyl sites for hydroxylation is 1. The molecule has 0 spiro atoms. The Morgan fingerprint density at radius 2 is 1.92 bits per heavy atom. The molecule has 2 aromatic carbocycles. The Morgan fingerprint density at radius 1 is 1.12 bits per heavy atom. The van der Waals surface area contributed by atoms with Crippen molar-refractivity contribution in [3.8, 4) is 17.5 Å². The summed E-state index contributed by atoms with van der Waals surface area (Å²) in [5.74, 6) is 1.73. The van der Waals surface area contributed by atoms with E-state index in [1.54, 1.807) is 11.8 Å². The van der Waals surface area contributed by atoms with Crippen molar-refractivity contribution < 1.29 is 0 Å². The molecule has 0 aliphatic carbocycles. The Bertz CT molecular complexity index is 891. The van der Waals surface area contributed by atoms with Gasteiger partial charge in [0.15, 0.2) is 11.0 Å². The lowest BCUT2D eigenvalue weighted by Crippen LogP contribution is -2.02. The van der Waals surface area contributed by atoms with E-state index in [0.29, 0.717) is 5.56 Å². The van der Waals surface area contributed by atoms with E-state index in [1.807, 2.05) is 24.3 Å². The van der Waals surface area contributed by atoms with Crippen LogP contribution < -0.4 is 0 Å². The fourth-order valence-electron chi connectivity index (χ4n) is 2.64. The predicted octanol–water partition coefficient (Wildman–Crippen LogP) is 4.83. The van der Waals surface area contributed by atoms with Crippen LogP contribution in [0.25, 0.3) is 11.4 Å². The Kier molecular flexibility index (Phi) is 5.52. The molecule has 126 valence electrons. The summed E-state index contributed by atoms with van der Waals surface area (Å²) in [6, 6.07) is 18.2. The Labute approximate surface area is 152 Å². The van der Waals surface area contributed by atoms with Gasteiger partial charge in [0.05, 0.1) is 11.6 Å². The molecule has 3 rings (SSSR count). The first-order valence-corrected chi connectivity index (χ1v) is 9.32. The molecule has 3 aromatic rings. The SMILES string of the molecule is CCCn1c(SCc2ccc(C#N)cc2)nnc1-c1cccc(C)c1. The third kappa shape index (κ3) is 4.09. The number of hydrogen-bond donors (Lipinski definition) is 0. The van der Waals surface area contributed by atoms with Crippen molar-refractivity contribution >= 4 is 11.8 Å². The fourth-order valence-corrected chi connectivity index (χ4v) is 3.56. The molecule has 0 atom stereocenters. The van der Waals surface area contributed by atoms with Crippen molar-refractivity contribution in [1.82, 2.24) is 14.8 Å². The van der Waals surface area contributed by atoms with Gasteiger partial charge in [0, 0.05) is 17.9 Å². The number of aromatic nitrogens is 3. The van der Waals surface area contributed by atoms with Gasteiger partial charge in [0.25, 0.3) is 0 Å². The van der Waals surface area contributed by atoms with Gasteiger partial charge >= 0.3 is 0 Å². The van der Waals surface area contributed by atoms with Crippen molar-refractivity contribution in [2.45, 2.75) is 37.7 Å². The van der Waals surface area contributed by atoms with E-state index >= 15 is 0 Å². The summed E-state index contributed by atoms with van der Waals surface area (Å²) in [4.78, 5) is 0. The smallest absolute Gasteiger partial charge is 0.191 e. The summed E-state index contributed by atoms with van der Waals surface area (Å²) in [5.41, 5.74) is 4.18. The van der Waals surface area contributed by atoms with E-state index in [-0.39, 0.29) is 0 Å². The molecule has 25 heavy (non-hydrogen) atoms. The third-order valence-corrected chi connectivity index (χ3v) is 4.93. The molecular formula is C20H20N4S. The summed E-state index contributed by atoms with van der Waals surface area (Å²) >= 11 is 1.68. The molecule has 0 radical (unpaired) electrons. The highest BCUT2D eigenvalue weighted by atomic mass is 32.2. The van der Waals surface area contributed by atoms with Gasteiger partial charge in [-0.3, -0.25) is 0 Å². The highest BCUT2D eigenvalue weighted by Gasteiger charge is 2.14. The third-order valence-electron chi connectivity index (χ3n) is 3.89. The summed E-state index contributed by atoms with van der Waals surface area (Å²) in [6.45, 7) is 5.14. The molecule has 5 heteroatoms. The van der Waals surface area contributed by atoms with Crippen LogP contribution in [0.3, 0.4) is 0 Å². The van der Waals surface area contributed by atoms with Gasteiger partial charge in [-0.25, -0.2) is 0 Å². The first-order chi connectivity index (χ1) is 12.2. The predicted molar refractivity (Wildman–Crippen MR) is 101 cm³/mol. The van der Waals surface area contributed by atoms with Crippen molar-refractivity contribution in [2.75, 3.05) is 0 Å². The van der Waals surface area contributed by atoms with Crippen LogP contribution in [0.4, 0.5) is 0 Å². The lowest BCUT2D eigenvalue weighted by atomic mass is 10.1. The van der Waals surface area contributed by atoms with Crippen molar-refractivity contribution in [3.63, 3.8) is 0 Å². The van der Waals surface area contributed by atoms with Crippen molar-refractivity contribution in [1.29, 1.82) is 5.26 Å². The van der Waals surface area contributed by atoms with Crippen LogP contribution in [0.1, 0.15) is 30.0 Å². The van der Waals surface area contributed by atoms with E-state index in [1.165, 1.54) is 11.1 Å².